The fraction of sp³-hybridized carbons (Fsp3) is 0.0952. The normalized spacial score (nSPS) is 10.1. The standard InChI is InChI=1S/C14H13N4.C7H5N2S.Ir/c1-17-9-8-15-14(17)12-10-18(2)16-13(12)11-6-4-3-5-7-11;1-3-8-9(4-1)7-2-5-10-6-7;/h3-9H,1-2H3;1-5H;/q2*-1;. The van der Waals surface area contributed by atoms with E-state index in [4.69, 9.17) is 0 Å². The van der Waals surface area contributed by atoms with E-state index in [-0.39, 0.29) is 20.1 Å². The largest absolute Gasteiger partial charge is 0.387 e. The Hall–Kier alpha value is -2.80. The summed E-state index contributed by atoms with van der Waals surface area (Å²) >= 11 is 1.55. The zero-order valence-corrected chi connectivity index (χ0v) is 19.1. The van der Waals surface area contributed by atoms with Gasteiger partial charge >= 0.3 is 0 Å². The van der Waals surface area contributed by atoms with Crippen molar-refractivity contribution in [2.24, 2.45) is 14.1 Å². The first kappa shape index (κ1) is 20.9. The summed E-state index contributed by atoms with van der Waals surface area (Å²) < 4.78 is 5.46. The molecular weight excluding hydrogens is 561 g/mol. The molecule has 0 unspecified atom stereocenters. The molecule has 0 amide bonds. The summed E-state index contributed by atoms with van der Waals surface area (Å²) in [5.41, 5.74) is 3.92. The van der Waals surface area contributed by atoms with E-state index in [1.807, 2.05) is 78.9 Å². The smallest absolute Gasteiger partial charge is 0.0493 e. The minimum Gasteiger partial charge on any atom is -0.387 e. The summed E-state index contributed by atoms with van der Waals surface area (Å²) in [6.45, 7) is 0. The Balaban J connectivity index is 0.000000186. The number of hydrogen-bond acceptors (Lipinski definition) is 4. The van der Waals surface area contributed by atoms with Gasteiger partial charge in [-0.2, -0.15) is 16.5 Å². The molecule has 0 bridgehead atoms. The quantitative estimate of drug-likeness (QED) is 0.304. The summed E-state index contributed by atoms with van der Waals surface area (Å²) in [4.78, 5) is 4.36. The third-order valence-electron chi connectivity index (χ3n) is 4.06. The molecule has 0 N–H and O–H groups in total. The average Bonchev–Trinajstić information content (AvgIpc) is 3.50. The molecule has 29 heavy (non-hydrogen) atoms. The minimum absolute atomic E-state index is 0. The molecule has 6 nitrogen and oxygen atoms in total. The maximum Gasteiger partial charge on any atom is 0.0493 e. The molecule has 4 aromatic heterocycles. The van der Waals surface area contributed by atoms with E-state index in [0.717, 1.165) is 28.3 Å². The topological polar surface area (TPSA) is 53.5 Å². The molecule has 8 heteroatoms. The maximum atomic E-state index is 4.49. The molecule has 1 radical (unpaired) electrons. The van der Waals surface area contributed by atoms with Crippen molar-refractivity contribution in [1.82, 2.24) is 29.1 Å². The van der Waals surface area contributed by atoms with Crippen LogP contribution in [0.3, 0.4) is 0 Å². The van der Waals surface area contributed by atoms with Gasteiger partial charge in [-0.1, -0.05) is 47.5 Å². The fourth-order valence-corrected chi connectivity index (χ4v) is 3.31. The van der Waals surface area contributed by atoms with Crippen LogP contribution in [-0.2, 0) is 34.2 Å². The van der Waals surface area contributed by atoms with Gasteiger partial charge in [-0.25, -0.2) is 0 Å². The van der Waals surface area contributed by atoms with Gasteiger partial charge in [-0.3, -0.25) is 9.78 Å². The molecule has 5 aromatic rings. The predicted molar refractivity (Wildman–Crippen MR) is 110 cm³/mol. The first-order valence-electron chi connectivity index (χ1n) is 8.67. The number of aryl methyl sites for hydroxylation is 2. The number of benzene rings is 1. The second-order valence-electron chi connectivity index (χ2n) is 6.05. The van der Waals surface area contributed by atoms with Crippen molar-refractivity contribution in [3.8, 4) is 28.3 Å². The van der Waals surface area contributed by atoms with Crippen molar-refractivity contribution in [3.05, 3.63) is 84.2 Å². The van der Waals surface area contributed by atoms with Crippen LogP contribution < -0.4 is 0 Å². The van der Waals surface area contributed by atoms with Gasteiger partial charge in [-0.15, -0.1) is 5.56 Å². The minimum atomic E-state index is 0. The monoisotopic (exact) mass is 579 g/mol. The van der Waals surface area contributed by atoms with Crippen LogP contribution in [0.2, 0.25) is 0 Å². The molecule has 0 spiro atoms. The first-order chi connectivity index (χ1) is 13.7. The van der Waals surface area contributed by atoms with Gasteiger partial charge in [0.25, 0.3) is 0 Å². The maximum absolute atomic E-state index is 4.49. The van der Waals surface area contributed by atoms with Crippen LogP contribution in [0, 0.1) is 11.6 Å². The second kappa shape index (κ2) is 9.60. The van der Waals surface area contributed by atoms with E-state index in [9.17, 15) is 0 Å². The van der Waals surface area contributed by atoms with Crippen LogP contribution in [0.1, 0.15) is 0 Å². The molecule has 1 aromatic carbocycles. The van der Waals surface area contributed by atoms with Crippen LogP contribution in [0.25, 0.3) is 28.3 Å². The molecule has 0 saturated heterocycles. The average molecular weight is 579 g/mol. The van der Waals surface area contributed by atoms with E-state index < -0.39 is 0 Å². The van der Waals surface area contributed by atoms with Crippen molar-refractivity contribution in [3.63, 3.8) is 0 Å². The van der Waals surface area contributed by atoms with Gasteiger partial charge < -0.3 is 25.6 Å². The van der Waals surface area contributed by atoms with Gasteiger partial charge in [0.15, 0.2) is 0 Å². The SMILES string of the molecule is Cn1[c-]c(-c2nccn2C)c(-c2ccccc2)n1.[Ir].[c-]1sccc1-n1cccn1. The third kappa shape index (κ3) is 4.79. The Labute approximate surface area is 186 Å². The van der Waals surface area contributed by atoms with Crippen molar-refractivity contribution in [1.29, 1.82) is 0 Å². The summed E-state index contributed by atoms with van der Waals surface area (Å²) in [5.74, 6) is 0.877. The van der Waals surface area contributed by atoms with E-state index in [1.165, 1.54) is 0 Å². The van der Waals surface area contributed by atoms with Crippen LogP contribution in [-0.4, -0.2) is 29.1 Å². The van der Waals surface area contributed by atoms with Gasteiger partial charge in [0.05, 0.1) is 0 Å². The molecule has 0 atom stereocenters. The van der Waals surface area contributed by atoms with Gasteiger partial charge in [0.1, 0.15) is 0 Å². The molecule has 0 aliphatic rings. The van der Waals surface area contributed by atoms with Crippen molar-refractivity contribution >= 4 is 11.3 Å². The first-order valence-corrected chi connectivity index (χ1v) is 9.55. The Morgan fingerprint density at radius 3 is 2.41 bits per heavy atom. The summed E-state index contributed by atoms with van der Waals surface area (Å²) in [6, 6.07) is 14.0. The molecule has 0 fully saturated rings. The molecular formula is C21H18IrN6S-2. The van der Waals surface area contributed by atoms with Crippen molar-refractivity contribution < 1.29 is 20.1 Å². The van der Waals surface area contributed by atoms with Crippen LogP contribution in [0.5, 0.6) is 0 Å². The van der Waals surface area contributed by atoms with Crippen molar-refractivity contribution in [2.75, 3.05) is 0 Å². The Kier molecular flexibility index (Phi) is 6.93. The van der Waals surface area contributed by atoms with Gasteiger partial charge in [0, 0.05) is 57.8 Å². The number of imidazole rings is 1. The number of rotatable bonds is 3. The Bertz CT molecular complexity index is 1100. The molecule has 0 saturated carbocycles. The zero-order chi connectivity index (χ0) is 19.3. The number of aromatic nitrogens is 6. The number of thiophene rings is 1. The molecule has 149 valence electrons. The molecule has 5 rings (SSSR count). The summed E-state index contributed by atoms with van der Waals surface area (Å²) in [6.07, 6.45) is 10.6. The van der Waals surface area contributed by atoms with Crippen LogP contribution in [0.4, 0.5) is 0 Å². The van der Waals surface area contributed by atoms with E-state index >= 15 is 0 Å². The number of hydrogen-bond donors (Lipinski definition) is 0. The van der Waals surface area contributed by atoms with Crippen molar-refractivity contribution in [2.45, 2.75) is 0 Å². The number of nitrogens with zero attached hydrogens (tertiary/aromatic N) is 6. The molecule has 0 aliphatic carbocycles. The van der Waals surface area contributed by atoms with Gasteiger partial charge in [0.2, 0.25) is 0 Å². The predicted octanol–water partition coefficient (Wildman–Crippen LogP) is 4.02. The van der Waals surface area contributed by atoms with Crippen LogP contribution >= 0.6 is 11.3 Å². The second-order valence-corrected chi connectivity index (χ2v) is 6.76. The third-order valence-corrected chi connectivity index (χ3v) is 4.66. The zero-order valence-electron chi connectivity index (χ0n) is 15.9. The Morgan fingerprint density at radius 1 is 0.966 bits per heavy atom. The molecule has 4 heterocycles. The van der Waals surface area contributed by atoms with Gasteiger partial charge in [-0.05, 0) is 24.5 Å². The van der Waals surface area contributed by atoms with E-state index in [1.54, 1.807) is 33.1 Å². The summed E-state index contributed by atoms with van der Waals surface area (Å²) in [7, 11) is 3.84. The van der Waals surface area contributed by atoms with Crippen LogP contribution in [0.15, 0.2) is 72.6 Å². The molecule has 0 aliphatic heterocycles. The van der Waals surface area contributed by atoms with E-state index in [0.29, 0.717) is 0 Å². The summed E-state index contributed by atoms with van der Waals surface area (Å²) in [5, 5.41) is 13.6. The Morgan fingerprint density at radius 2 is 1.79 bits per heavy atom. The van der Waals surface area contributed by atoms with E-state index in [2.05, 4.69) is 26.8 Å². The fourth-order valence-electron chi connectivity index (χ4n) is 2.76.